The van der Waals surface area contributed by atoms with E-state index in [1.807, 2.05) is 0 Å². The highest BCUT2D eigenvalue weighted by Crippen LogP contribution is 2.43. The van der Waals surface area contributed by atoms with E-state index in [4.69, 9.17) is 9.97 Å². The number of thiophene rings is 2. The first-order valence-corrected chi connectivity index (χ1v) is 11.2. The summed E-state index contributed by atoms with van der Waals surface area (Å²) in [6.07, 6.45) is 0. The van der Waals surface area contributed by atoms with Crippen LogP contribution in [-0.4, -0.2) is 9.97 Å². The summed E-state index contributed by atoms with van der Waals surface area (Å²) in [5.41, 5.74) is 2.52. The molecule has 0 amide bonds. The van der Waals surface area contributed by atoms with Crippen LogP contribution in [0.4, 0.5) is 0 Å². The van der Waals surface area contributed by atoms with Crippen LogP contribution in [0.2, 0.25) is 0 Å². The summed E-state index contributed by atoms with van der Waals surface area (Å²) in [6.45, 7) is 4.25. The molecule has 22 heavy (non-hydrogen) atoms. The molecular formula is C14H8Br2N2S4. The predicted octanol–water partition coefficient (Wildman–Crippen LogP) is 7.35. The van der Waals surface area contributed by atoms with Crippen LogP contribution in [0.5, 0.6) is 0 Å². The van der Waals surface area contributed by atoms with Crippen molar-refractivity contribution in [3.63, 3.8) is 0 Å². The molecule has 0 saturated heterocycles. The second-order valence-corrected chi connectivity index (χ2v) is 11.6. The lowest BCUT2D eigenvalue weighted by molar-refractivity contribution is 1.47. The van der Waals surface area contributed by atoms with Crippen LogP contribution in [0.15, 0.2) is 19.7 Å². The van der Waals surface area contributed by atoms with Gasteiger partial charge in [-0.3, -0.25) is 0 Å². The van der Waals surface area contributed by atoms with Crippen molar-refractivity contribution >= 4 is 86.9 Å². The van der Waals surface area contributed by atoms with Gasteiger partial charge in [0.15, 0.2) is 9.66 Å². The highest BCUT2D eigenvalue weighted by atomic mass is 79.9. The van der Waals surface area contributed by atoms with Gasteiger partial charge in [0.1, 0.15) is 10.0 Å². The van der Waals surface area contributed by atoms with Crippen molar-refractivity contribution in [2.45, 2.75) is 13.8 Å². The Balaban J connectivity index is 1.80. The summed E-state index contributed by atoms with van der Waals surface area (Å²) < 4.78 is 2.29. The molecule has 112 valence electrons. The molecule has 0 unspecified atom stereocenters. The van der Waals surface area contributed by atoms with Gasteiger partial charge in [0, 0.05) is 0 Å². The molecule has 0 radical (unpaired) electrons. The Morgan fingerprint density at radius 3 is 1.45 bits per heavy atom. The summed E-state index contributed by atoms with van der Waals surface area (Å²) in [5, 5.41) is 2.13. The SMILES string of the molecule is Cc1cc(Br)sc1-c1nc2sc(-c3sc(Br)cc3C)nc2s1. The van der Waals surface area contributed by atoms with E-state index in [1.54, 1.807) is 45.3 Å². The molecule has 8 heteroatoms. The third-order valence-electron chi connectivity index (χ3n) is 3.14. The predicted molar refractivity (Wildman–Crippen MR) is 107 cm³/mol. The smallest absolute Gasteiger partial charge is 0.155 e. The molecule has 2 nitrogen and oxygen atoms in total. The largest absolute Gasteiger partial charge is 0.222 e. The summed E-state index contributed by atoms with van der Waals surface area (Å²) in [5.74, 6) is 0. The van der Waals surface area contributed by atoms with Crippen molar-refractivity contribution in [2.75, 3.05) is 0 Å². The topological polar surface area (TPSA) is 25.8 Å². The minimum absolute atomic E-state index is 1.03. The van der Waals surface area contributed by atoms with Gasteiger partial charge in [0.25, 0.3) is 0 Å². The third-order valence-corrected chi connectivity index (χ3v) is 8.95. The first kappa shape index (κ1) is 15.4. The van der Waals surface area contributed by atoms with E-state index in [1.165, 1.54) is 20.9 Å². The molecule has 0 aliphatic carbocycles. The molecule has 0 bridgehead atoms. The zero-order chi connectivity index (χ0) is 15.4. The van der Waals surface area contributed by atoms with E-state index in [0.717, 1.165) is 27.2 Å². The van der Waals surface area contributed by atoms with Crippen LogP contribution in [0, 0.1) is 13.8 Å². The van der Waals surface area contributed by atoms with Gasteiger partial charge in [0.05, 0.1) is 17.3 Å². The number of nitrogens with zero attached hydrogens (tertiary/aromatic N) is 2. The fourth-order valence-corrected chi connectivity index (χ4v) is 7.93. The molecule has 4 rings (SSSR count). The Morgan fingerprint density at radius 2 is 1.14 bits per heavy atom. The average molecular weight is 492 g/mol. The van der Waals surface area contributed by atoms with Crippen molar-refractivity contribution in [1.29, 1.82) is 0 Å². The maximum Gasteiger partial charge on any atom is 0.155 e. The van der Waals surface area contributed by atoms with Crippen LogP contribution in [0.25, 0.3) is 29.4 Å². The van der Waals surface area contributed by atoms with Gasteiger partial charge in [-0.1, -0.05) is 22.7 Å². The number of aromatic nitrogens is 2. The highest BCUT2D eigenvalue weighted by Gasteiger charge is 2.17. The van der Waals surface area contributed by atoms with Crippen LogP contribution in [0.1, 0.15) is 11.1 Å². The second kappa shape index (κ2) is 5.75. The lowest BCUT2D eigenvalue weighted by Crippen LogP contribution is -1.73. The summed E-state index contributed by atoms with van der Waals surface area (Å²) in [7, 11) is 0. The number of hydrogen-bond donors (Lipinski definition) is 0. The maximum atomic E-state index is 4.80. The van der Waals surface area contributed by atoms with Crippen molar-refractivity contribution in [3.8, 4) is 19.8 Å². The van der Waals surface area contributed by atoms with Crippen molar-refractivity contribution in [1.82, 2.24) is 9.97 Å². The van der Waals surface area contributed by atoms with E-state index in [9.17, 15) is 0 Å². The Kier molecular flexibility index (Phi) is 4.03. The molecule has 4 aromatic heterocycles. The van der Waals surface area contributed by atoms with Gasteiger partial charge < -0.3 is 0 Å². The van der Waals surface area contributed by atoms with Crippen molar-refractivity contribution in [2.24, 2.45) is 0 Å². The first-order chi connectivity index (χ1) is 10.5. The maximum absolute atomic E-state index is 4.80. The normalized spacial score (nSPS) is 11.6. The minimum Gasteiger partial charge on any atom is -0.222 e. The molecule has 0 atom stereocenters. The number of hydrogen-bond acceptors (Lipinski definition) is 6. The molecule has 0 spiro atoms. The zero-order valence-corrected chi connectivity index (χ0v) is 17.9. The van der Waals surface area contributed by atoms with Crippen LogP contribution >= 0.6 is 77.2 Å². The Bertz CT molecular complexity index is 885. The molecule has 0 aliphatic heterocycles. The fraction of sp³-hybridized carbons (Fsp3) is 0.143. The van der Waals surface area contributed by atoms with Gasteiger partial charge in [-0.15, -0.1) is 22.7 Å². The molecule has 0 aromatic carbocycles. The van der Waals surface area contributed by atoms with Crippen LogP contribution in [0.3, 0.4) is 0 Å². The molecule has 0 fully saturated rings. The number of rotatable bonds is 2. The van der Waals surface area contributed by atoms with Gasteiger partial charge >= 0.3 is 0 Å². The number of aryl methyl sites for hydroxylation is 2. The number of thiazole rings is 2. The quantitative estimate of drug-likeness (QED) is 0.293. The summed E-state index contributed by atoms with van der Waals surface area (Å²) in [6, 6.07) is 4.28. The molecule has 4 heterocycles. The average Bonchev–Trinajstić information content (AvgIpc) is 3.12. The van der Waals surface area contributed by atoms with Gasteiger partial charge in [0.2, 0.25) is 0 Å². The van der Waals surface area contributed by atoms with E-state index >= 15 is 0 Å². The summed E-state index contributed by atoms with van der Waals surface area (Å²) in [4.78, 5) is 14.1. The fourth-order valence-electron chi connectivity index (χ4n) is 2.15. The Labute approximate surface area is 160 Å². The molecule has 4 aromatic rings. The van der Waals surface area contributed by atoms with E-state index in [-0.39, 0.29) is 0 Å². The zero-order valence-electron chi connectivity index (χ0n) is 11.4. The Hall–Kier alpha value is -0.120. The Morgan fingerprint density at radius 1 is 0.727 bits per heavy atom. The van der Waals surface area contributed by atoms with E-state index < -0.39 is 0 Å². The van der Waals surface area contributed by atoms with E-state index in [0.29, 0.717) is 0 Å². The van der Waals surface area contributed by atoms with Gasteiger partial charge in [-0.2, -0.15) is 0 Å². The molecule has 0 saturated carbocycles. The molecule has 0 N–H and O–H groups in total. The van der Waals surface area contributed by atoms with Crippen LogP contribution in [-0.2, 0) is 0 Å². The number of fused-ring (bicyclic) bond motifs is 1. The lowest BCUT2D eigenvalue weighted by Gasteiger charge is -1.93. The summed E-state index contributed by atoms with van der Waals surface area (Å²) >= 11 is 13.9. The minimum atomic E-state index is 1.03. The monoisotopic (exact) mass is 490 g/mol. The standard InChI is InChI=1S/C14H8Br2N2S4/c1-5-3-7(15)19-9(5)11-17-13-14(21-11)18-12(22-13)10-6(2)4-8(16)20-10/h3-4H,1-2H3. The van der Waals surface area contributed by atoms with Crippen molar-refractivity contribution < 1.29 is 0 Å². The van der Waals surface area contributed by atoms with Crippen molar-refractivity contribution in [3.05, 3.63) is 30.8 Å². The number of halogens is 2. The second-order valence-electron chi connectivity index (χ2n) is 4.77. The van der Waals surface area contributed by atoms with E-state index in [2.05, 4.69) is 57.8 Å². The highest BCUT2D eigenvalue weighted by molar-refractivity contribution is 9.11. The third kappa shape index (κ3) is 2.63. The van der Waals surface area contributed by atoms with Gasteiger partial charge in [-0.05, 0) is 69.0 Å². The van der Waals surface area contributed by atoms with Gasteiger partial charge in [-0.25, -0.2) is 9.97 Å². The lowest BCUT2D eigenvalue weighted by atomic mass is 10.3. The molecular weight excluding hydrogens is 484 g/mol. The van der Waals surface area contributed by atoms with Crippen LogP contribution < -0.4 is 0 Å². The molecule has 0 aliphatic rings. The first-order valence-electron chi connectivity index (χ1n) is 6.31.